The van der Waals surface area contributed by atoms with Gasteiger partial charge in [0.15, 0.2) is 0 Å². The van der Waals surface area contributed by atoms with Crippen LogP contribution in [0, 0.1) is 0 Å². The maximum absolute atomic E-state index is 5.11. The summed E-state index contributed by atoms with van der Waals surface area (Å²) in [4.78, 5) is 9.87. The second-order valence-corrected chi connectivity index (χ2v) is 12.5. The van der Waals surface area contributed by atoms with E-state index in [4.69, 9.17) is 9.97 Å². The zero-order chi connectivity index (χ0) is 29.5. The molecule has 0 saturated carbocycles. The molecule has 0 aliphatic rings. The number of hydrogen-bond donors (Lipinski definition) is 0. The second kappa shape index (κ2) is 9.36. The lowest BCUT2D eigenvalue weighted by molar-refractivity contribution is 1.08. The number of pyridine rings is 1. The third-order valence-electron chi connectivity index (χ3n) is 9.00. The van der Waals surface area contributed by atoms with Crippen molar-refractivity contribution in [2.24, 2.45) is 0 Å². The average molecular weight is 593 g/mol. The summed E-state index contributed by atoms with van der Waals surface area (Å²) in [5, 5.41) is 8.43. The van der Waals surface area contributed by atoms with Crippen molar-refractivity contribution in [2.75, 3.05) is 0 Å². The highest BCUT2D eigenvalue weighted by molar-refractivity contribution is 7.21. The predicted molar refractivity (Wildman–Crippen MR) is 189 cm³/mol. The van der Waals surface area contributed by atoms with Gasteiger partial charge in [-0.2, -0.15) is 0 Å². The van der Waals surface area contributed by atoms with Crippen molar-refractivity contribution in [3.05, 3.63) is 146 Å². The predicted octanol–water partition coefficient (Wildman–Crippen LogP) is 10.7. The van der Waals surface area contributed by atoms with Gasteiger partial charge in [-0.3, -0.25) is 4.57 Å². The summed E-state index contributed by atoms with van der Waals surface area (Å²) >= 11 is 1.76. The Morgan fingerprint density at radius 3 is 2.00 bits per heavy atom. The zero-order valence-electron chi connectivity index (χ0n) is 24.1. The van der Waals surface area contributed by atoms with E-state index in [1.165, 1.54) is 48.1 Å². The Bertz CT molecular complexity index is 2730. The van der Waals surface area contributed by atoms with Gasteiger partial charge in [-0.1, -0.05) is 84.9 Å². The molecule has 0 spiro atoms. The molecule has 0 N–H and O–H groups in total. The lowest BCUT2D eigenvalue weighted by Crippen LogP contribution is -1.98. The second-order valence-electron chi connectivity index (χ2n) is 11.4. The van der Waals surface area contributed by atoms with Crippen LogP contribution in [-0.2, 0) is 0 Å². The van der Waals surface area contributed by atoms with E-state index in [1.54, 1.807) is 11.3 Å². The molecule has 0 aliphatic carbocycles. The maximum atomic E-state index is 5.11. The van der Waals surface area contributed by atoms with E-state index in [1.807, 2.05) is 12.3 Å². The Hall–Kier alpha value is -5.78. The first-order chi connectivity index (χ1) is 22.3. The van der Waals surface area contributed by atoms with Gasteiger partial charge in [0, 0.05) is 39.0 Å². The summed E-state index contributed by atoms with van der Waals surface area (Å²) in [7, 11) is 0. The summed E-state index contributed by atoms with van der Waals surface area (Å²) in [6, 6.07) is 49.8. The van der Waals surface area contributed by atoms with E-state index >= 15 is 0 Å². The first kappa shape index (κ1) is 24.6. The highest BCUT2D eigenvalue weighted by Crippen LogP contribution is 2.43. The van der Waals surface area contributed by atoms with Crippen LogP contribution in [0.25, 0.3) is 86.7 Å². The van der Waals surface area contributed by atoms with Crippen molar-refractivity contribution < 1.29 is 0 Å². The quantitative estimate of drug-likeness (QED) is 0.205. The lowest BCUT2D eigenvalue weighted by Gasteiger charge is -2.12. The highest BCUT2D eigenvalue weighted by atomic mass is 32.1. The summed E-state index contributed by atoms with van der Waals surface area (Å²) in [5.74, 6) is 0.909. The molecule has 10 aromatic rings. The van der Waals surface area contributed by atoms with Crippen molar-refractivity contribution in [1.82, 2.24) is 19.1 Å². The van der Waals surface area contributed by atoms with Gasteiger partial charge in [0.05, 0.1) is 32.3 Å². The van der Waals surface area contributed by atoms with Gasteiger partial charge in [-0.25, -0.2) is 9.97 Å². The number of thiazole rings is 1. The smallest absolute Gasteiger partial charge is 0.137 e. The molecule has 0 aliphatic heterocycles. The van der Waals surface area contributed by atoms with Crippen LogP contribution < -0.4 is 0 Å². The molecule has 5 heteroatoms. The van der Waals surface area contributed by atoms with Crippen molar-refractivity contribution in [1.29, 1.82) is 0 Å². The first-order valence-corrected chi connectivity index (χ1v) is 15.9. The summed E-state index contributed by atoms with van der Waals surface area (Å²) in [6.45, 7) is 0. The van der Waals surface area contributed by atoms with Gasteiger partial charge in [0.2, 0.25) is 0 Å². The molecule has 4 nitrogen and oxygen atoms in total. The number of aromatic nitrogens is 4. The number of fused-ring (bicyclic) bond motifs is 9. The molecule has 10 rings (SSSR count). The molecule has 4 aromatic heterocycles. The Morgan fingerprint density at radius 2 is 1.18 bits per heavy atom. The fraction of sp³-hybridized carbons (Fsp3) is 0. The molecule has 0 atom stereocenters. The van der Waals surface area contributed by atoms with Crippen molar-refractivity contribution in [3.8, 4) is 22.1 Å². The molecule has 0 unspecified atom stereocenters. The topological polar surface area (TPSA) is 35.6 Å². The van der Waals surface area contributed by atoms with Gasteiger partial charge in [-0.05, 0) is 65.4 Å². The number of para-hydroxylation sites is 3. The number of rotatable bonds is 3. The molecule has 0 radical (unpaired) electrons. The number of benzene rings is 6. The summed E-state index contributed by atoms with van der Waals surface area (Å²) in [6.07, 6.45) is 1.86. The van der Waals surface area contributed by atoms with E-state index in [0.717, 1.165) is 38.6 Å². The SMILES string of the molecule is c1ccc(-n2c3ccccc3c3ccc(-n4c5ccccc5c5c6ccccc6c(-c6nc7ccccc7s6)cc54)cc32)nc1. The van der Waals surface area contributed by atoms with Crippen LogP contribution in [-0.4, -0.2) is 19.1 Å². The van der Waals surface area contributed by atoms with E-state index in [0.29, 0.717) is 0 Å². The number of hydrogen-bond acceptors (Lipinski definition) is 3. The summed E-state index contributed by atoms with van der Waals surface area (Å²) < 4.78 is 5.91. The lowest BCUT2D eigenvalue weighted by atomic mass is 9.99. The standard InChI is InChI=1S/C40H24N4S/c1-2-13-29-26(11-1)31(40-42-32-15-5-8-18-37(32)45-40)24-36-39(29)30-14-4-7-17-34(30)43(36)25-20-21-28-27-12-3-6-16-33(27)44(35(28)23-25)38-19-9-10-22-41-38/h1-24H. The molecule has 0 saturated heterocycles. The fourth-order valence-corrected chi connectivity index (χ4v) is 8.10. The van der Waals surface area contributed by atoms with E-state index < -0.39 is 0 Å². The molecule has 6 aromatic carbocycles. The largest absolute Gasteiger partial charge is 0.309 e. The maximum Gasteiger partial charge on any atom is 0.137 e. The fourth-order valence-electron chi connectivity index (χ4n) is 7.10. The van der Waals surface area contributed by atoms with Crippen LogP contribution in [0.3, 0.4) is 0 Å². The third-order valence-corrected chi connectivity index (χ3v) is 10.1. The monoisotopic (exact) mass is 592 g/mol. The Kier molecular flexibility index (Phi) is 5.12. The van der Waals surface area contributed by atoms with Gasteiger partial charge < -0.3 is 4.57 Å². The molecule has 45 heavy (non-hydrogen) atoms. The third kappa shape index (κ3) is 3.53. The molecule has 210 valence electrons. The van der Waals surface area contributed by atoms with Gasteiger partial charge in [0.25, 0.3) is 0 Å². The van der Waals surface area contributed by atoms with Crippen LogP contribution in [0.5, 0.6) is 0 Å². The minimum absolute atomic E-state index is 0.909. The Labute approximate surface area is 262 Å². The number of nitrogens with zero attached hydrogens (tertiary/aromatic N) is 4. The van der Waals surface area contributed by atoms with E-state index in [-0.39, 0.29) is 0 Å². The molecule has 4 heterocycles. The van der Waals surface area contributed by atoms with Gasteiger partial charge in [-0.15, -0.1) is 11.3 Å². The normalized spacial score (nSPS) is 12.0. The van der Waals surface area contributed by atoms with Crippen LogP contribution in [0.15, 0.2) is 146 Å². The zero-order valence-corrected chi connectivity index (χ0v) is 24.9. The van der Waals surface area contributed by atoms with Gasteiger partial charge in [0.1, 0.15) is 10.8 Å². The Morgan fingerprint density at radius 1 is 0.489 bits per heavy atom. The molecular weight excluding hydrogens is 569 g/mol. The first-order valence-electron chi connectivity index (χ1n) is 15.1. The van der Waals surface area contributed by atoms with Crippen molar-refractivity contribution in [3.63, 3.8) is 0 Å². The van der Waals surface area contributed by atoms with Crippen LogP contribution in [0.4, 0.5) is 0 Å². The minimum Gasteiger partial charge on any atom is -0.309 e. The molecule has 0 amide bonds. The average Bonchev–Trinajstić information content (AvgIpc) is 3.78. The van der Waals surface area contributed by atoms with Crippen molar-refractivity contribution in [2.45, 2.75) is 0 Å². The van der Waals surface area contributed by atoms with Crippen LogP contribution in [0.2, 0.25) is 0 Å². The minimum atomic E-state index is 0.909. The summed E-state index contributed by atoms with van der Waals surface area (Å²) in [5.41, 5.74) is 7.93. The molecular formula is C40H24N4S. The van der Waals surface area contributed by atoms with E-state index in [2.05, 4.69) is 143 Å². The molecule has 0 fully saturated rings. The molecule has 0 bridgehead atoms. The Balaban J connectivity index is 1.33. The van der Waals surface area contributed by atoms with Crippen LogP contribution >= 0.6 is 11.3 Å². The van der Waals surface area contributed by atoms with Crippen molar-refractivity contribution >= 4 is 75.9 Å². The highest BCUT2D eigenvalue weighted by Gasteiger charge is 2.20. The van der Waals surface area contributed by atoms with E-state index in [9.17, 15) is 0 Å². The van der Waals surface area contributed by atoms with Crippen LogP contribution in [0.1, 0.15) is 0 Å². The van der Waals surface area contributed by atoms with Gasteiger partial charge >= 0.3 is 0 Å².